The lowest BCUT2D eigenvalue weighted by Crippen LogP contribution is -2.19. The Hall–Kier alpha value is -1.94. The molecule has 2 heterocycles. The molecule has 0 amide bonds. The van der Waals surface area contributed by atoms with Crippen LogP contribution in [0.1, 0.15) is 37.8 Å². The van der Waals surface area contributed by atoms with Gasteiger partial charge >= 0.3 is 0 Å². The van der Waals surface area contributed by atoms with Crippen LogP contribution in [0.25, 0.3) is 22.2 Å². The van der Waals surface area contributed by atoms with Gasteiger partial charge in [-0.1, -0.05) is 18.9 Å². The van der Waals surface area contributed by atoms with Crippen LogP contribution in [-0.2, 0) is 7.05 Å². The maximum absolute atomic E-state index is 12.2. The molecule has 3 aromatic rings. The topological polar surface area (TPSA) is 26.9 Å². The molecule has 0 aliphatic heterocycles. The fraction of sp³-hybridized carbons (Fsp3) is 0.409. The normalized spacial score (nSPS) is 15.5. The Morgan fingerprint density at radius 2 is 2.04 bits per heavy atom. The quantitative estimate of drug-likeness (QED) is 0.565. The van der Waals surface area contributed by atoms with Gasteiger partial charge in [-0.15, -0.1) is 11.8 Å². The van der Waals surface area contributed by atoms with Crippen molar-refractivity contribution in [3.05, 3.63) is 52.4 Å². The van der Waals surface area contributed by atoms with Gasteiger partial charge in [0.15, 0.2) is 0 Å². The van der Waals surface area contributed by atoms with E-state index in [1.165, 1.54) is 40.8 Å². The summed E-state index contributed by atoms with van der Waals surface area (Å²) in [5.74, 6) is 0.876. The first kappa shape index (κ1) is 17.5. The van der Waals surface area contributed by atoms with E-state index in [0.717, 1.165) is 17.0 Å². The molecule has 4 heteroatoms. The van der Waals surface area contributed by atoms with E-state index in [1.807, 2.05) is 26.2 Å². The van der Waals surface area contributed by atoms with Gasteiger partial charge in [0.25, 0.3) is 5.56 Å². The maximum atomic E-state index is 12.2. The number of benzene rings is 1. The van der Waals surface area contributed by atoms with Crippen LogP contribution in [0.3, 0.4) is 0 Å². The largest absolute Gasteiger partial charge is 0.338 e. The van der Waals surface area contributed by atoms with Crippen molar-refractivity contribution in [3.8, 4) is 11.3 Å². The second kappa shape index (κ2) is 6.66. The molecule has 1 fully saturated rings. The number of hydrogen-bond acceptors (Lipinski definition) is 2. The van der Waals surface area contributed by atoms with E-state index in [9.17, 15) is 4.79 Å². The standard InChI is InChI=1S/C22H26N2OS/c1-14-10-17(13-23(3)22(14)25)20-12-18-19(6-5-7-21(18)26-4)24(20)15(2)11-16-8-9-16/h5-7,10,12-13,15-16H,8-9,11H2,1-4H3/t15-/m0/s1. The van der Waals surface area contributed by atoms with E-state index >= 15 is 0 Å². The first-order chi connectivity index (χ1) is 12.5. The maximum Gasteiger partial charge on any atom is 0.253 e. The number of rotatable bonds is 5. The second-order valence-corrected chi connectivity index (χ2v) is 8.50. The molecule has 0 unspecified atom stereocenters. The molecule has 1 aromatic carbocycles. The van der Waals surface area contributed by atoms with Crippen molar-refractivity contribution in [2.45, 2.75) is 44.0 Å². The average Bonchev–Trinajstić information content (AvgIpc) is 3.34. The first-order valence-electron chi connectivity index (χ1n) is 9.35. The van der Waals surface area contributed by atoms with Crippen LogP contribution in [0.15, 0.2) is 46.2 Å². The lowest BCUT2D eigenvalue weighted by atomic mass is 10.1. The number of fused-ring (bicyclic) bond motifs is 1. The van der Waals surface area contributed by atoms with Crippen LogP contribution in [-0.4, -0.2) is 15.4 Å². The molecule has 4 rings (SSSR count). The predicted molar refractivity (Wildman–Crippen MR) is 111 cm³/mol. The summed E-state index contributed by atoms with van der Waals surface area (Å²) in [6.07, 6.45) is 8.07. The monoisotopic (exact) mass is 366 g/mol. The predicted octanol–water partition coefficient (Wildman–Crippen LogP) is 5.40. The molecule has 0 radical (unpaired) electrons. The highest BCUT2D eigenvalue weighted by atomic mass is 32.2. The van der Waals surface area contributed by atoms with Gasteiger partial charge in [0, 0.05) is 46.2 Å². The Kier molecular flexibility index (Phi) is 4.47. The fourth-order valence-corrected chi connectivity index (χ4v) is 4.66. The molecule has 0 saturated heterocycles. The summed E-state index contributed by atoms with van der Waals surface area (Å²) in [6.45, 7) is 4.24. The van der Waals surface area contributed by atoms with Crippen LogP contribution in [0.5, 0.6) is 0 Å². The minimum Gasteiger partial charge on any atom is -0.338 e. The Morgan fingerprint density at radius 3 is 2.69 bits per heavy atom. The van der Waals surface area contributed by atoms with Crippen molar-refractivity contribution in [2.24, 2.45) is 13.0 Å². The average molecular weight is 367 g/mol. The van der Waals surface area contributed by atoms with Crippen molar-refractivity contribution in [1.29, 1.82) is 0 Å². The lowest BCUT2D eigenvalue weighted by molar-refractivity contribution is 0.493. The molecular weight excluding hydrogens is 340 g/mol. The third-order valence-corrected chi connectivity index (χ3v) is 6.33. The molecule has 1 saturated carbocycles. The molecule has 3 nitrogen and oxygen atoms in total. The summed E-state index contributed by atoms with van der Waals surface area (Å²) in [4.78, 5) is 13.5. The summed E-state index contributed by atoms with van der Waals surface area (Å²) in [5, 5.41) is 1.31. The molecule has 1 aliphatic carbocycles. The molecule has 2 aromatic heterocycles. The Labute approximate surface area is 159 Å². The molecule has 0 bridgehead atoms. The van der Waals surface area contributed by atoms with E-state index in [1.54, 1.807) is 16.3 Å². The number of hydrogen-bond donors (Lipinski definition) is 0. The Balaban J connectivity index is 1.96. The molecular formula is C22H26N2OS. The number of nitrogens with zero attached hydrogens (tertiary/aromatic N) is 2. The van der Waals surface area contributed by atoms with Gasteiger partial charge in [0.2, 0.25) is 0 Å². The minimum absolute atomic E-state index is 0.0762. The highest BCUT2D eigenvalue weighted by Crippen LogP contribution is 2.41. The Morgan fingerprint density at radius 1 is 1.27 bits per heavy atom. The summed E-state index contributed by atoms with van der Waals surface area (Å²) in [7, 11) is 1.84. The summed E-state index contributed by atoms with van der Waals surface area (Å²) < 4.78 is 4.19. The van der Waals surface area contributed by atoms with Crippen LogP contribution in [0.4, 0.5) is 0 Å². The van der Waals surface area contributed by atoms with Gasteiger partial charge in [0.05, 0.1) is 5.69 Å². The van der Waals surface area contributed by atoms with Crippen molar-refractivity contribution in [1.82, 2.24) is 9.13 Å². The van der Waals surface area contributed by atoms with Gasteiger partial charge in [-0.05, 0) is 56.7 Å². The van der Waals surface area contributed by atoms with E-state index < -0.39 is 0 Å². The summed E-state index contributed by atoms with van der Waals surface area (Å²) in [5.41, 5.74) is 4.50. The zero-order valence-electron chi connectivity index (χ0n) is 16.0. The number of aryl methyl sites for hydroxylation is 2. The van der Waals surface area contributed by atoms with Gasteiger partial charge < -0.3 is 9.13 Å². The van der Waals surface area contributed by atoms with Gasteiger partial charge in [-0.2, -0.15) is 0 Å². The van der Waals surface area contributed by atoms with Crippen molar-refractivity contribution >= 4 is 22.7 Å². The van der Waals surface area contributed by atoms with E-state index in [2.05, 4.69) is 42.0 Å². The van der Waals surface area contributed by atoms with E-state index in [0.29, 0.717) is 6.04 Å². The molecule has 1 aliphatic rings. The van der Waals surface area contributed by atoms with Gasteiger partial charge in [-0.3, -0.25) is 4.79 Å². The van der Waals surface area contributed by atoms with Crippen LogP contribution >= 0.6 is 11.8 Å². The molecule has 0 spiro atoms. The van der Waals surface area contributed by atoms with Crippen molar-refractivity contribution < 1.29 is 0 Å². The first-order valence-corrected chi connectivity index (χ1v) is 10.6. The fourth-order valence-electron chi connectivity index (χ4n) is 4.06. The number of pyridine rings is 1. The molecule has 0 N–H and O–H groups in total. The zero-order valence-corrected chi connectivity index (χ0v) is 16.8. The van der Waals surface area contributed by atoms with E-state index in [4.69, 9.17) is 0 Å². The molecule has 26 heavy (non-hydrogen) atoms. The number of aromatic nitrogens is 2. The zero-order chi connectivity index (χ0) is 18.4. The molecule has 1 atom stereocenters. The van der Waals surface area contributed by atoms with Gasteiger partial charge in [0.1, 0.15) is 0 Å². The third kappa shape index (κ3) is 3.01. The summed E-state index contributed by atoms with van der Waals surface area (Å²) >= 11 is 1.79. The minimum atomic E-state index is 0.0762. The second-order valence-electron chi connectivity index (χ2n) is 7.65. The summed E-state index contributed by atoms with van der Waals surface area (Å²) in [6, 6.07) is 11.4. The van der Waals surface area contributed by atoms with Crippen molar-refractivity contribution in [2.75, 3.05) is 6.26 Å². The highest BCUT2D eigenvalue weighted by Gasteiger charge is 2.26. The van der Waals surface area contributed by atoms with E-state index in [-0.39, 0.29) is 5.56 Å². The van der Waals surface area contributed by atoms with Crippen LogP contribution < -0.4 is 5.56 Å². The number of thioether (sulfide) groups is 1. The van der Waals surface area contributed by atoms with Crippen LogP contribution in [0, 0.1) is 12.8 Å². The SMILES string of the molecule is CSc1cccc2c1cc(-c1cc(C)c(=O)n(C)c1)n2[C@@H](C)CC1CC1. The van der Waals surface area contributed by atoms with Crippen LogP contribution in [0.2, 0.25) is 0 Å². The smallest absolute Gasteiger partial charge is 0.253 e. The van der Waals surface area contributed by atoms with Gasteiger partial charge in [-0.25, -0.2) is 0 Å². The third-order valence-electron chi connectivity index (χ3n) is 5.53. The lowest BCUT2D eigenvalue weighted by Gasteiger charge is -2.20. The molecule has 136 valence electrons. The highest BCUT2D eigenvalue weighted by molar-refractivity contribution is 7.98. The van der Waals surface area contributed by atoms with Crippen molar-refractivity contribution in [3.63, 3.8) is 0 Å². The Bertz CT molecular complexity index is 1000.